The molecule has 34 heavy (non-hydrogen) atoms. The second kappa shape index (κ2) is 9.44. The monoisotopic (exact) mass is 458 g/mol. The van der Waals surface area contributed by atoms with E-state index in [1.807, 2.05) is 30.3 Å². The van der Waals surface area contributed by atoms with Crippen LogP contribution in [-0.4, -0.2) is 60.4 Å². The van der Waals surface area contributed by atoms with E-state index in [9.17, 15) is 4.79 Å². The average molecular weight is 459 g/mol. The van der Waals surface area contributed by atoms with Gasteiger partial charge in [0, 0.05) is 31.5 Å². The summed E-state index contributed by atoms with van der Waals surface area (Å²) in [5.41, 5.74) is 0.969. The first-order valence-electron chi connectivity index (χ1n) is 11.2. The van der Waals surface area contributed by atoms with Crippen molar-refractivity contribution in [3.63, 3.8) is 0 Å². The molecule has 174 valence electrons. The van der Waals surface area contributed by atoms with E-state index in [4.69, 9.17) is 9.72 Å². The quantitative estimate of drug-likeness (QED) is 0.422. The number of piperidine rings is 1. The molecule has 0 aliphatic carbocycles. The van der Waals surface area contributed by atoms with Gasteiger partial charge in [0.15, 0.2) is 11.5 Å². The number of rotatable bonds is 7. The molecule has 1 aliphatic heterocycles. The number of nitrogens with one attached hydrogen (secondary N) is 1. The van der Waals surface area contributed by atoms with E-state index >= 15 is 0 Å². The summed E-state index contributed by atoms with van der Waals surface area (Å²) >= 11 is 0. The second-order valence-corrected chi connectivity index (χ2v) is 8.24. The van der Waals surface area contributed by atoms with Gasteiger partial charge in [-0.15, -0.1) is 6.58 Å². The van der Waals surface area contributed by atoms with Gasteiger partial charge >= 0.3 is 0 Å². The summed E-state index contributed by atoms with van der Waals surface area (Å²) in [6, 6.07) is 9.22. The van der Waals surface area contributed by atoms with Gasteiger partial charge in [0.1, 0.15) is 11.5 Å². The number of allylic oxidation sites excluding steroid dienone is 1. The molecule has 10 nitrogen and oxygen atoms in total. The highest BCUT2D eigenvalue weighted by Gasteiger charge is 2.21. The SMILES string of the molecule is C=CCn1c(=O)c2cnc(Nc3cccnc3)nc2n1-c1cccc(OC2CCN(C)CC2)n1. The lowest BCUT2D eigenvalue weighted by Gasteiger charge is -2.29. The average Bonchev–Trinajstić information content (AvgIpc) is 3.12. The van der Waals surface area contributed by atoms with Crippen LogP contribution in [0.1, 0.15) is 12.8 Å². The largest absolute Gasteiger partial charge is 0.474 e. The van der Waals surface area contributed by atoms with Crippen molar-refractivity contribution >= 4 is 22.7 Å². The Hall–Kier alpha value is -4.05. The summed E-state index contributed by atoms with van der Waals surface area (Å²) in [7, 11) is 2.12. The fraction of sp³-hybridized carbons (Fsp3) is 0.292. The molecule has 4 aromatic heterocycles. The third kappa shape index (κ3) is 4.40. The minimum atomic E-state index is -0.216. The van der Waals surface area contributed by atoms with Gasteiger partial charge in [-0.3, -0.25) is 9.78 Å². The number of hydrogen-bond acceptors (Lipinski definition) is 8. The topological polar surface area (TPSA) is 103 Å². The van der Waals surface area contributed by atoms with Crippen LogP contribution in [0.4, 0.5) is 11.6 Å². The summed E-state index contributed by atoms with van der Waals surface area (Å²) in [6.07, 6.45) is 8.58. The number of pyridine rings is 2. The van der Waals surface area contributed by atoms with Crippen LogP contribution in [-0.2, 0) is 6.54 Å². The van der Waals surface area contributed by atoms with Gasteiger partial charge in [-0.2, -0.15) is 9.97 Å². The predicted octanol–water partition coefficient (Wildman–Crippen LogP) is 2.77. The van der Waals surface area contributed by atoms with Crippen LogP contribution < -0.4 is 15.6 Å². The lowest BCUT2D eigenvalue weighted by molar-refractivity contribution is 0.110. The van der Waals surface area contributed by atoms with Gasteiger partial charge in [0.05, 0.1) is 18.4 Å². The molecule has 0 saturated carbocycles. The third-order valence-electron chi connectivity index (χ3n) is 5.77. The molecule has 0 unspecified atom stereocenters. The molecule has 10 heteroatoms. The molecule has 0 amide bonds. The number of anilines is 2. The van der Waals surface area contributed by atoms with Gasteiger partial charge in [0.2, 0.25) is 11.8 Å². The van der Waals surface area contributed by atoms with Gasteiger partial charge in [-0.05, 0) is 38.1 Å². The maximum absolute atomic E-state index is 13.1. The smallest absolute Gasteiger partial charge is 0.278 e. The third-order valence-corrected chi connectivity index (χ3v) is 5.77. The van der Waals surface area contributed by atoms with E-state index < -0.39 is 0 Å². The normalized spacial score (nSPS) is 14.9. The molecule has 1 fully saturated rings. The molecular formula is C24H26N8O2. The van der Waals surface area contributed by atoms with Crippen molar-refractivity contribution in [2.45, 2.75) is 25.5 Å². The van der Waals surface area contributed by atoms with Gasteiger partial charge in [-0.25, -0.2) is 14.3 Å². The highest BCUT2D eigenvalue weighted by molar-refractivity contribution is 5.77. The Labute approximate surface area is 196 Å². The summed E-state index contributed by atoms with van der Waals surface area (Å²) in [5.74, 6) is 1.41. The summed E-state index contributed by atoms with van der Waals surface area (Å²) in [6.45, 7) is 6.08. The predicted molar refractivity (Wildman–Crippen MR) is 130 cm³/mol. The van der Waals surface area contributed by atoms with Crippen LogP contribution >= 0.6 is 0 Å². The van der Waals surface area contributed by atoms with E-state index in [-0.39, 0.29) is 11.7 Å². The lowest BCUT2D eigenvalue weighted by Crippen LogP contribution is -2.35. The lowest BCUT2D eigenvalue weighted by atomic mass is 10.1. The maximum atomic E-state index is 13.1. The Morgan fingerprint density at radius 3 is 2.79 bits per heavy atom. The Morgan fingerprint density at radius 1 is 1.18 bits per heavy atom. The summed E-state index contributed by atoms with van der Waals surface area (Å²) < 4.78 is 9.41. The van der Waals surface area contributed by atoms with Crippen LogP contribution in [0.15, 0.2) is 66.4 Å². The van der Waals surface area contributed by atoms with Gasteiger partial charge < -0.3 is 15.0 Å². The summed E-state index contributed by atoms with van der Waals surface area (Å²) in [5, 5.41) is 3.52. The zero-order valence-corrected chi connectivity index (χ0v) is 19.0. The Balaban J connectivity index is 1.54. The van der Waals surface area contributed by atoms with Gasteiger partial charge in [0.25, 0.3) is 5.56 Å². The minimum Gasteiger partial charge on any atom is -0.474 e. The molecule has 5 heterocycles. The first kappa shape index (κ1) is 21.8. The zero-order chi connectivity index (χ0) is 23.5. The number of hydrogen-bond donors (Lipinski definition) is 1. The van der Waals surface area contributed by atoms with E-state index in [1.54, 1.807) is 27.8 Å². The molecule has 5 rings (SSSR count). The van der Waals surface area contributed by atoms with E-state index in [2.05, 4.69) is 38.8 Å². The van der Waals surface area contributed by atoms with Crippen molar-refractivity contribution < 1.29 is 4.74 Å². The van der Waals surface area contributed by atoms with Crippen LogP contribution in [0.3, 0.4) is 0 Å². The minimum absolute atomic E-state index is 0.119. The van der Waals surface area contributed by atoms with Crippen LogP contribution in [0.5, 0.6) is 5.88 Å². The highest BCUT2D eigenvalue weighted by Crippen LogP contribution is 2.21. The fourth-order valence-corrected chi connectivity index (χ4v) is 4.04. The van der Waals surface area contributed by atoms with E-state index in [0.717, 1.165) is 31.6 Å². The van der Waals surface area contributed by atoms with Crippen molar-refractivity contribution in [3.05, 3.63) is 71.9 Å². The Kier molecular flexibility index (Phi) is 6.05. The molecule has 0 radical (unpaired) electrons. The molecule has 1 saturated heterocycles. The molecule has 4 aromatic rings. The standard InChI is InChI=1S/C24H26N8O2/c1-3-12-31-23(33)19-16-26-24(27-17-6-5-11-25-15-17)29-22(19)32(31)20-7-4-8-21(28-20)34-18-9-13-30(2)14-10-18/h3-8,11,15-16,18H,1,9-10,12-14H2,2H3,(H,26,27,29). The molecule has 1 aliphatic rings. The zero-order valence-electron chi connectivity index (χ0n) is 19.0. The maximum Gasteiger partial charge on any atom is 0.278 e. The van der Waals surface area contributed by atoms with E-state index in [1.165, 1.54) is 6.20 Å². The number of fused-ring (bicyclic) bond motifs is 1. The molecular weight excluding hydrogens is 432 g/mol. The first-order valence-corrected chi connectivity index (χ1v) is 11.2. The molecule has 0 spiro atoms. The highest BCUT2D eigenvalue weighted by atomic mass is 16.5. The van der Waals surface area contributed by atoms with Crippen LogP contribution in [0, 0.1) is 0 Å². The van der Waals surface area contributed by atoms with Crippen molar-refractivity contribution in [2.24, 2.45) is 0 Å². The fourth-order valence-electron chi connectivity index (χ4n) is 4.04. The number of nitrogens with zero attached hydrogens (tertiary/aromatic N) is 7. The molecule has 1 N–H and O–H groups in total. The Morgan fingerprint density at radius 2 is 2.03 bits per heavy atom. The van der Waals surface area contributed by atoms with Crippen LogP contribution in [0.25, 0.3) is 16.9 Å². The first-order chi connectivity index (χ1) is 16.6. The number of likely N-dealkylation sites (tertiary alicyclic amines) is 1. The van der Waals surface area contributed by atoms with Crippen molar-refractivity contribution in [3.8, 4) is 11.7 Å². The Bertz CT molecular complexity index is 1360. The van der Waals surface area contributed by atoms with Crippen molar-refractivity contribution in [1.82, 2.24) is 34.2 Å². The van der Waals surface area contributed by atoms with Gasteiger partial charge in [-0.1, -0.05) is 12.1 Å². The van der Waals surface area contributed by atoms with Crippen LogP contribution in [0.2, 0.25) is 0 Å². The van der Waals surface area contributed by atoms with Crippen molar-refractivity contribution in [2.75, 3.05) is 25.5 Å². The molecule has 0 bridgehead atoms. The van der Waals surface area contributed by atoms with E-state index in [0.29, 0.717) is 35.2 Å². The summed E-state index contributed by atoms with van der Waals surface area (Å²) in [4.78, 5) is 33.2. The number of aromatic nitrogens is 6. The molecule has 0 atom stereocenters. The molecule has 0 aromatic carbocycles. The van der Waals surface area contributed by atoms with Crippen molar-refractivity contribution in [1.29, 1.82) is 0 Å². The number of ether oxygens (including phenoxy) is 1. The second-order valence-electron chi connectivity index (χ2n) is 8.24.